The second-order valence-electron chi connectivity index (χ2n) is 11.8. The maximum atomic E-state index is 13.9. The first kappa shape index (κ1) is 32.5. The number of carbonyl (C=O) groups excluding carboxylic acids is 2. The van der Waals surface area contributed by atoms with Gasteiger partial charge in [0.25, 0.3) is 5.91 Å². The molecule has 1 saturated heterocycles. The van der Waals surface area contributed by atoms with Crippen LogP contribution in [0.1, 0.15) is 74.7 Å². The Morgan fingerprint density at radius 2 is 1.74 bits per heavy atom. The summed E-state index contributed by atoms with van der Waals surface area (Å²) in [6, 6.07) is 6.44. The zero-order valence-corrected chi connectivity index (χ0v) is 25.5. The molecule has 12 heteroatoms. The molecule has 2 fully saturated rings. The standard InChI is InChI=1S/C31H44F3N7O2/c1-5-20(6-2)18-35-28(42)24-8-7-9-26(24)38-27-25(31(32,33)34)19-36-30(39-27)37-22-12-10-21(11-13-22)29(43)41(4)23-14-16-40(3)17-15-23/h10-13,19-20,23-24,26H,5-9,14-18H2,1-4H3,(H,35,42)(H2,36,37,38,39)/t24-,26+/m0/s1. The van der Waals surface area contributed by atoms with Crippen LogP contribution in [0.15, 0.2) is 30.5 Å². The molecule has 2 aromatic rings. The van der Waals surface area contributed by atoms with Crippen molar-refractivity contribution < 1.29 is 22.8 Å². The first-order chi connectivity index (χ1) is 20.5. The molecule has 2 atom stereocenters. The van der Waals surface area contributed by atoms with Crippen LogP contribution in [0.25, 0.3) is 0 Å². The molecular weight excluding hydrogens is 559 g/mol. The van der Waals surface area contributed by atoms with Gasteiger partial charge in [-0.2, -0.15) is 18.2 Å². The number of rotatable bonds is 11. The van der Waals surface area contributed by atoms with Crippen LogP contribution in [0.4, 0.5) is 30.6 Å². The molecule has 1 aliphatic carbocycles. The molecule has 2 aliphatic rings. The number of likely N-dealkylation sites (tertiary alicyclic amines) is 1. The van der Waals surface area contributed by atoms with E-state index in [1.54, 1.807) is 29.2 Å². The lowest BCUT2D eigenvalue weighted by Gasteiger charge is -2.35. The molecule has 2 heterocycles. The van der Waals surface area contributed by atoms with Crippen LogP contribution in [-0.2, 0) is 11.0 Å². The molecule has 4 rings (SSSR count). The quantitative estimate of drug-likeness (QED) is 0.310. The number of nitrogens with zero attached hydrogens (tertiary/aromatic N) is 4. The highest BCUT2D eigenvalue weighted by molar-refractivity contribution is 5.94. The highest BCUT2D eigenvalue weighted by Gasteiger charge is 2.39. The highest BCUT2D eigenvalue weighted by atomic mass is 19.4. The van der Waals surface area contributed by atoms with Gasteiger partial charge < -0.3 is 25.8 Å². The summed E-state index contributed by atoms with van der Waals surface area (Å²) in [6.07, 6.45) is 1.71. The second kappa shape index (κ2) is 14.4. The van der Waals surface area contributed by atoms with Crippen molar-refractivity contribution in [3.8, 4) is 0 Å². The summed E-state index contributed by atoms with van der Waals surface area (Å²) in [6.45, 7) is 6.60. The lowest BCUT2D eigenvalue weighted by molar-refractivity contribution is -0.137. The Bertz CT molecular complexity index is 1230. The maximum Gasteiger partial charge on any atom is 0.421 e. The van der Waals surface area contributed by atoms with Gasteiger partial charge in [-0.1, -0.05) is 33.1 Å². The number of alkyl halides is 3. The summed E-state index contributed by atoms with van der Waals surface area (Å²) in [5, 5.41) is 8.88. The monoisotopic (exact) mass is 603 g/mol. The third kappa shape index (κ3) is 8.36. The largest absolute Gasteiger partial charge is 0.421 e. The first-order valence-corrected chi connectivity index (χ1v) is 15.3. The number of halogens is 3. The third-order valence-electron chi connectivity index (χ3n) is 8.93. The number of piperidine rings is 1. The van der Waals surface area contributed by atoms with Crippen molar-refractivity contribution in [3.63, 3.8) is 0 Å². The van der Waals surface area contributed by atoms with Crippen LogP contribution >= 0.6 is 0 Å². The van der Waals surface area contributed by atoms with Gasteiger partial charge >= 0.3 is 6.18 Å². The van der Waals surface area contributed by atoms with Crippen molar-refractivity contribution >= 4 is 29.3 Å². The van der Waals surface area contributed by atoms with Gasteiger partial charge in [0.1, 0.15) is 11.4 Å². The number of carbonyl (C=O) groups is 2. The lowest BCUT2D eigenvalue weighted by Crippen LogP contribution is -2.44. The second-order valence-corrected chi connectivity index (χ2v) is 11.8. The number of anilines is 3. The van der Waals surface area contributed by atoms with Crippen molar-refractivity contribution in [1.82, 2.24) is 25.1 Å². The van der Waals surface area contributed by atoms with Crippen LogP contribution in [0.3, 0.4) is 0 Å². The molecule has 43 heavy (non-hydrogen) atoms. The highest BCUT2D eigenvalue weighted by Crippen LogP contribution is 2.37. The molecule has 0 spiro atoms. The minimum absolute atomic E-state index is 0.0225. The predicted octanol–water partition coefficient (Wildman–Crippen LogP) is 5.54. The zero-order valence-electron chi connectivity index (χ0n) is 25.5. The Morgan fingerprint density at radius 1 is 1.07 bits per heavy atom. The number of hydrogen-bond acceptors (Lipinski definition) is 7. The van der Waals surface area contributed by atoms with E-state index in [1.807, 2.05) is 7.05 Å². The predicted molar refractivity (Wildman–Crippen MR) is 161 cm³/mol. The number of amides is 2. The van der Waals surface area contributed by atoms with Gasteiger partial charge in [-0.05, 0) is 76.0 Å². The van der Waals surface area contributed by atoms with Crippen LogP contribution in [0, 0.1) is 11.8 Å². The van der Waals surface area contributed by atoms with E-state index in [9.17, 15) is 22.8 Å². The Balaban J connectivity index is 1.44. The summed E-state index contributed by atoms with van der Waals surface area (Å²) in [7, 11) is 3.89. The van der Waals surface area contributed by atoms with Gasteiger partial charge in [0.15, 0.2) is 0 Å². The zero-order chi connectivity index (χ0) is 31.1. The molecule has 3 N–H and O–H groups in total. The van der Waals surface area contributed by atoms with Crippen molar-refractivity contribution in [2.24, 2.45) is 11.8 Å². The van der Waals surface area contributed by atoms with E-state index >= 15 is 0 Å². The van der Waals surface area contributed by atoms with E-state index in [-0.39, 0.29) is 29.6 Å². The number of aromatic nitrogens is 2. The first-order valence-electron chi connectivity index (χ1n) is 15.3. The molecule has 1 aromatic carbocycles. The Hall–Kier alpha value is -3.41. The summed E-state index contributed by atoms with van der Waals surface area (Å²) in [5.41, 5.74) is 0.0696. The molecule has 1 aromatic heterocycles. The van der Waals surface area contributed by atoms with E-state index in [0.29, 0.717) is 36.6 Å². The smallest absolute Gasteiger partial charge is 0.366 e. The normalized spacial score (nSPS) is 19.8. The Labute approximate surface area is 252 Å². The maximum absolute atomic E-state index is 13.9. The van der Waals surface area contributed by atoms with Crippen LogP contribution in [0.5, 0.6) is 0 Å². The van der Waals surface area contributed by atoms with E-state index in [0.717, 1.165) is 51.4 Å². The van der Waals surface area contributed by atoms with Gasteiger partial charge in [0.2, 0.25) is 11.9 Å². The Morgan fingerprint density at radius 3 is 2.37 bits per heavy atom. The van der Waals surface area contributed by atoms with E-state index in [1.165, 1.54) is 0 Å². The van der Waals surface area contributed by atoms with Crippen molar-refractivity contribution in [2.75, 3.05) is 44.4 Å². The van der Waals surface area contributed by atoms with Gasteiger partial charge in [-0.3, -0.25) is 9.59 Å². The molecule has 0 unspecified atom stereocenters. The van der Waals surface area contributed by atoms with Gasteiger partial charge in [0, 0.05) is 43.1 Å². The third-order valence-corrected chi connectivity index (χ3v) is 8.93. The van der Waals surface area contributed by atoms with Crippen LogP contribution in [0.2, 0.25) is 0 Å². The van der Waals surface area contributed by atoms with E-state index < -0.39 is 23.7 Å². The Kier molecular flexibility index (Phi) is 10.9. The fourth-order valence-corrected chi connectivity index (χ4v) is 5.91. The summed E-state index contributed by atoms with van der Waals surface area (Å²) in [4.78, 5) is 38.1. The number of hydrogen-bond donors (Lipinski definition) is 3. The molecule has 1 aliphatic heterocycles. The molecule has 0 bridgehead atoms. The number of nitrogens with one attached hydrogen (secondary N) is 3. The molecule has 9 nitrogen and oxygen atoms in total. The molecule has 1 saturated carbocycles. The molecule has 0 radical (unpaired) electrons. The minimum Gasteiger partial charge on any atom is -0.366 e. The molecule has 2 amide bonds. The summed E-state index contributed by atoms with van der Waals surface area (Å²) < 4.78 is 41.7. The summed E-state index contributed by atoms with van der Waals surface area (Å²) >= 11 is 0. The van der Waals surface area contributed by atoms with Gasteiger partial charge in [-0.25, -0.2) is 4.98 Å². The number of benzene rings is 1. The van der Waals surface area contributed by atoms with E-state index in [4.69, 9.17) is 0 Å². The fourth-order valence-electron chi connectivity index (χ4n) is 5.91. The van der Waals surface area contributed by atoms with E-state index in [2.05, 4.69) is 51.7 Å². The SMILES string of the molecule is CCC(CC)CNC(=O)[C@H]1CCC[C@H]1Nc1nc(Nc2ccc(C(=O)N(C)C3CCN(C)CC3)cc2)ncc1C(F)(F)F. The molecular formula is C31H44F3N7O2. The minimum atomic E-state index is -4.67. The average molecular weight is 604 g/mol. The van der Waals surface area contributed by atoms with Crippen LogP contribution < -0.4 is 16.0 Å². The van der Waals surface area contributed by atoms with Gasteiger partial charge in [-0.15, -0.1) is 0 Å². The van der Waals surface area contributed by atoms with Crippen molar-refractivity contribution in [2.45, 2.75) is 77.1 Å². The van der Waals surface area contributed by atoms with Crippen molar-refractivity contribution in [3.05, 3.63) is 41.6 Å². The van der Waals surface area contributed by atoms with Crippen molar-refractivity contribution in [1.29, 1.82) is 0 Å². The fraction of sp³-hybridized carbons (Fsp3) is 0.613. The molecule has 236 valence electrons. The lowest BCUT2D eigenvalue weighted by atomic mass is 10.00. The summed E-state index contributed by atoms with van der Waals surface area (Å²) in [5.74, 6) is -0.671. The van der Waals surface area contributed by atoms with Gasteiger partial charge in [0.05, 0.1) is 5.92 Å². The topological polar surface area (TPSA) is 102 Å². The average Bonchev–Trinajstić information content (AvgIpc) is 3.45. The van der Waals surface area contributed by atoms with Crippen LogP contribution in [-0.4, -0.2) is 77.4 Å².